The van der Waals surface area contributed by atoms with Crippen molar-refractivity contribution in [3.63, 3.8) is 0 Å². The van der Waals surface area contributed by atoms with Crippen LogP contribution in [0.2, 0.25) is 0 Å². The standard InChI is InChI=1S/C20H21N5O3/c1-4-11(2)17(18-21-14-7-5-6-8-15(14)22-18)25-9-12-16(23-24-19(12)26)13(10-25)20(27)28-3/h5-11,17H,4H2,1-3H3,(H,21,22)(H,24,26)/t11-,17-/m0/s1. The number of nitrogens with zero attached hydrogens (tertiary/aromatic N) is 3. The number of rotatable bonds is 5. The molecule has 4 rings (SSSR count). The number of carbonyl (C=O) groups excluding carboxylic acids is 1. The Hall–Kier alpha value is -3.42. The first-order chi connectivity index (χ1) is 13.5. The van der Waals surface area contributed by atoms with Gasteiger partial charge in [0.2, 0.25) is 0 Å². The summed E-state index contributed by atoms with van der Waals surface area (Å²) >= 11 is 0. The van der Waals surface area contributed by atoms with Gasteiger partial charge < -0.3 is 14.3 Å². The van der Waals surface area contributed by atoms with Gasteiger partial charge in [-0.3, -0.25) is 4.79 Å². The van der Waals surface area contributed by atoms with E-state index in [1.54, 1.807) is 12.4 Å². The summed E-state index contributed by atoms with van der Waals surface area (Å²) in [6, 6.07) is 7.61. The Morgan fingerprint density at radius 1 is 1.29 bits per heavy atom. The minimum Gasteiger partial charge on any atom is -0.465 e. The predicted octanol–water partition coefficient (Wildman–Crippen LogP) is 2.97. The molecule has 2 atom stereocenters. The number of hydrogen-bond donors (Lipinski definition) is 2. The van der Waals surface area contributed by atoms with E-state index in [1.807, 2.05) is 28.8 Å². The smallest absolute Gasteiger partial charge is 0.341 e. The maximum atomic E-state index is 12.3. The fourth-order valence-corrected chi connectivity index (χ4v) is 3.52. The molecule has 144 valence electrons. The van der Waals surface area contributed by atoms with Gasteiger partial charge in [-0.25, -0.2) is 14.9 Å². The SMILES string of the molecule is CC[C@H](C)[C@@H](c1nc2ccccc2[nH]1)n1cc(C(=O)OC)c2n[nH]c(=O)c-2c1. The molecule has 8 heteroatoms. The van der Waals surface area contributed by atoms with Crippen LogP contribution in [0.15, 0.2) is 41.5 Å². The number of aromatic nitrogens is 5. The molecule has 0 fully saturated rings. The second-order valence-corrected chi connectivity index (χ2v) is 6.90. The minimum absolute atomic E-state index is 0.190. The van der Waals surface area contributed by atoms with Gasteiger partial charge in [-0.15, -0.1) is 0 Å². The summed E-state index contributed by atoms with van der Waals surface area (Å²) in [5, 5.41) is 6.40. The molecule has 0 saturated heterocycles. The fourth-order valence-electron chi connectivity index (χ4n) is 3.52. The Kier molecular flexibility index (Phi) is 4.46. The number of aromatic amines is 2. The Balaban J connectivity index is 1.95. The van der Waals surface area contributed by atoms with E-state index >= 15 is 0 Å². The number of fused-ring (bicyclic) bond motifs is 2. The molecule has 0 radical (unpaired) electrons. The van der Waals surface area contributed by atoms with Crippen LogP contribution < -0.4 is 5.56 Å². The van der Waals surface area contributed by atoms with Crippen molar-refractivity contribution in [3.8, 4) is 11.3 Å². The van der Waals surface area contributed by atoms with Gasteiger partial charge in [-0.2, -0.15) is 5.10 Å². The molecule has 0 amide bonds. The van der Waals surface area contributed by atoms with Crippen LogP contribution in [0.1, 0.15) is 42.5 Å². The normalized spacial score (nSPS) is 13.7. The van der Waals surface area contributed by atoms with E-state index in [2.05, 4.69) is 29.0 Å². The van der Waals surface area contributed by atoms with Crippen molar-refractivity contribution >= 4 is 17.0 Å². The van der Waals surface area contributed by atoms with Crippen molar-refractivity contribution in [1.82, 2.24) is 24.7 Å². The molecular weight excluding hydrogens is 358 g/mol. The van der Waals surface area contributed by atoms with Crippen molar-refractivity contribution in [2.45, 2.75) is 26.3 Å². The zero-order chi connectivity index (χ0) is 19.8. The average molecular weight is 379 g/mol. The van der Waals surface area contributed by atoms with Crippen molar-refractivity contribution in [2.75, 3.05) is 7.11 Å². The quantitative estimate of drug-likeness (QED) is 0.519. The van der Waals surface area contributed by atoms with Gasteiger partial charge in [0.1, 0.15) is 17.1 Å². The lowest BCUT2D eigenvalue weighted by atomic mass is 9.97. The Morgan fingerprint density at radius 2 is 2.07 bits per heavy atom. The summed E-state index contributed by atoms with van der Waals surface area (Å²) < 4.78 is 6.76. The number of nitrogens with one attached hydrogen (secondary N) is 2. The number of hydrogen-bond acceptors (Lipinski definition) is 5. The number of methoxy groups -OCH3 is 1. The van der Waals surface area contributed by atoms with Crippen molar-refractivity contribution < 1.29 is 9.53 Å². The summed E-state index contributed by atoms with van der Waals surface area (Å²) in [6.45, 7) is 4.21. The zero-order valence-electron chi connectivity index (χ0n) is 15.9. The topological polar surface area (TPSA) is 106 Å². The van der Waals surface area contributed by atoms with Gasteiger partial charge in [0.25, 0.3) is 5.56 Å². The third-order valence-electron chi connectivity index (χ3n) is 5.18. The first-order valence-corrected chi connectivity index (χ1v) is 9.16. The fraction of sp³-hybridized carbons (Fsp3) is 0.300. The largest absolute Gasteiger partial charge is 0.465 e. The molecule has 0 bridgehead atoms. The van der Waals surface area contributed by atoms with Gasteiger partial charge in [0, 0.05) is 12.4 Å². The molecule has 28 heavy (non-hydrogen) atoms. The third kappa shape index (κ3) is 2.87. The number of carbonyl (C=O) groups is 1. The van der Waals surface area contributed by atoms with Crippen LogP contribution in [-0.4, -0.2) is 37.8 Å². The Labute approximate surface area is 160 Å². The zero-order valence-corrected chi connectivity index (χ0v) is 15.9. The summed E-state index contributed by atoms with van der Waals surface area (Å²) in [7, 11) is 1.31. The molecule has 0 spiro atoms. The lowest BCUT2D eigenvalue weighted by Crippen LogP contribution is -2.22. The maximum absolute atomic E-state index is 12.3. The van der Waals surface area contributed by atoms with E-state index in [0.29, 0.717) is 11.3 Å². The molecule has 0 saturated carbocycles. The first-order valence-electron chi connectivity index (χ1n) is 9.16. The summed E-state index contributed by atoms with van der Waals surface area (Å²) in [5.41, 5.74) is 2.35. The molecule has 1 aromatic heterocycles. The van der Waals surface area contributed by atoms with Crippen molar-refractivity contribution in [1.29, 1.82) is 0 Å². The number of benzene rings is 1. The molecule has 8 nitrogen and oxygen atoms in total. The van der Waals surface area contributed by atoms with Crippen LogP contribution in [0.5, 0.6) is 0 Å². The first kappa shape index (κ1) is 18.0. The van der Waals surface area contributed by atoms with E-state index in [4.69, 9.17) is 9.72 Å². The molecule has 1 aromatic carbocycles. The van der Waals surface area contributed by atoms with E-state index in [1.165, 1.54) is 7.11 Å². The lowest BCUT2D eigenvalue weighted by Gasteiger charge is -2.25. The highest BCUT2D eigenvalue weighted by molar-refractivity contribution is 5.96. The van der Waals surface area contributed by atoms with E-state index in [-0.39, 0.29) is 23.1 Å². The summed E-state index contributed by atoms with van der Waals surface area (Å²) in [5.74, 6) is 0.417. The molecule has 2 N–H and O–H groups in total. The van der Waals surface area contributed by atoms with Crippen LogP contribution in [0.25, 0.3) is 22.3 Å². The second-order valence-electron chi connectivity index (χ2n) is 6.90. The number of H-pyrrole nitrogens is 2. The Morgan fingerprint density at radius 3 is 2.79 bits per heavy atom. The van der Waals surface area contributed by atoms with Gasteiger partial charge in [0.05, 0.1) is 29.7 Å². The highest BCUT2D eigenvalue weighted by Gasteiger charge is 2.28. The van der Waals surface area contributed by atoms with E-state index in [0.717, 1.165) is 23.3 Å². The van der Waals surface area contributed by atoms with Gasteiger partial charge >= 0.3 is 5.97 Å². The number of esters is 1. The van der Waals surface area contributed by atoms with Gasteiger partial charge in [0.15, 0.2) is 0 Å². The number of pyridine rings is 1. The molecule has 2 aliphatic rings. The summed E-state index contributed by atoms with van der Waals surface area (Å²) in [4.78, 5) is 32.7. The highest BCUT2D eigenvalue weighted by atomic mass is 16.5. The van der Waals surface area contributed by atoms with Crippen LogP contribution in [-0.2, 0) is 4.74 Å². The molecule has 3 heterocycles. The van der Waals surface area contributed by atoms with E-state index < -0.39 is 5.97 Å². The predicted molar refractivity (Wildman–Crippen MR) is 104 cm³/mol. The Bertz CT molecular complexity index is 1140. The van der Waals surface area contributed by atoms with Crippen LogP contribution in [0.4, 0.5) is 0 Å². The van der Waals surface area contributed by atoms with Gasteiger partial charge in [-0.05, 0) is 18.1 Å². The van der Waals surface area contributed by atoms with E-state index in [9.17, 15) is 9.59 Å². The molecule has 0 aliphatic carbocycles. The highest BCUT2D eigenvalue weighted by Crippen LogP contribution is 2.31. The van der Waals surface area contributed by atoms with Crippen LogP contribution in [0, 0.1) is 5.92 Å². The molecule has 0 unspecified atom stereocenters. The second kappa shape index (κ2) is 6.95. The molecular formula is C20H21N5O3. The average Bonchev–Trinajstić information content (AvgIpc) is 3.30. The van der Waals surface area contributed by atoms with Crippen LogP contribution in [0.3, 0.4) is 0 Å². The van der Waals surface area contributed by atoms with Crippen LogP contribution >= 0.6 is 0 Å². The van der Waals surface area contributed by atoms with Gasteiger partial charge in [-0.1, -0.05) is 32.4 Å². The van der Waals surface area contributed by atoms with Crippen molar-refractivity contribution in [2.24, 2.45) is 5.92 Å². The minimum atomic E-state index is -0.543. The molecule has 2 aliphatic heterocycles. The number of para-hydroxylation sites is 2. The lowest BCUT2D eigenvalue weighted by molar-refractivity contribution is 0.0600. The number of ether oxygens (including phenoxy) is 1. The third-order valence-corrected chi connectivity index (χ3v) is 5.18. The summed E-state index contributed by atoms with van der Waals surface area (Å²) in [6.07, 6.45) is 4.28. The molecule has 2 aromatic rings. The monoisotopic (exact) mass is 379 g/mol. The number of imidazole rings is 1. The maximum Gasteiger partial charge on any atom is 0.341 e. The van der Waals surface area contributed by atoms with Crippen molar-refractivity contribution in [3.05, 3.63) is 58.4 Å².